The molecule has 8 nitrogen and oxygen atoms in total. The molecular weight excluding hydrogens is 434 g/mol. The third-order valence-corrected chi connectivity index (χ3v) is 6.47. The van der Waals surface area contributed by atoms with Gasteiger partial charge >= 0.3 is 0 Å². The normalized spacial score (nSPS) is 18.6. The minimum atomic E-state index is -0.754. The van der Waals surface area contributed by atoms with E-state index >= 15 is 0 Å². The standard InChI is InChI=1S/C26H21N3O5/c30-24-21-14-28(25(31)16-4-2-1-3-5-16)10-11-29(21)26(32)19-12-17(6-8-20(19)27-24)18-7-9-22-23(13-18)34-15-33-22/h1-9,12-13,21H,10-11,14-15H2,(H,27,30). The van der Waals surface area contributed by atoms with Gasteiger partial charge in [-0.1, -0.05) is 30.3 Å². The van der Waals surface area contributed by atoms with Gasteiger partial charge in [0.25, 0.3) is 11.8 Å². The maximum Gasteiger partial charge on any atom is 0.256 e. The fourth-order valence-electron chi connectivity index (χ4n) is 4.65. The van der Waals surface area contributed by atoms with Crippen molar-refractivity contribution in [3.05, 3.63) is 77.9 Å². The number of amides is 3. The number of carbonyl (C=O) groups is 3. The summed E-state index contributed by atoms with van der Waals surface area (Å²) in [7, 11) is 0. The van der Waals surface area contributed by atoms with Crippen LogP contribution in [0.5, 0.6) is 11.5 Å². The van der Waals surface area contributed by atoms with Crippen molar-refractivity contribution in [1.82, 2.24) is 9.80 Å². The number of ether oxygens (including phenoxy) is 2. The zero-order valence-corrected chi connectivity index (χ0v) is 18.2. The lowest BCUT2D eigenvalue weighted by atomic mass is 10.0. The van der Waals surface area contributed by atoms with Crippen molar-refractivity contribution < 1.29 is 23.9 Å². The molecule has 1 unspecified atom stereocenters. The zero-order chi connectivity index (χ0) is 23.2. The Labute approximate surface area is 195 Å². The average Bonchev–Trinajstić information content (AvgIpc) is 3.32. The predicted octanol–water partition coefficient (Wildman–Crippen LogP) is 3.00. The van der Waals surface area contributed by atoms with Gasteiger partial charge in [0.05, 0.1) is 17.8 Å². The quantitative estimate of drug-likeness (QED) is 0.642. The number of fused-ring (bicyclic) bond motifs is 3. The maximum absolute atomic E-state index is 13.5. The monoisotopic (exact) mass is 455 g/mol. The van der Waals surface area contributed by atoms with E-state index in [1.807, 2.05) is 30.3 Å². The molecule has 0 saturated carbocycles. The number of benzene rings is 3. The molecular formula is C26H21N3O5. The van der Waals surface area contributed by atoms with Gasteiger partial charge in [0.15, 0.2) is 11.5 Å². The molecule has 0 radical (unpaired) electrons. The molecule has 170 valence electrons. The van der Waals surface area contributed by atoms with Crippen LogP contribution in [0.3, 0.4) is 0 Å². The fourth-order valence-corrected chi connectivity index (χ4v) is 4.65. The van der Waals surface area contributed by atoms with E-state index in [-0.39, 0.29) is 37.6 Å². The van der Waals surface area contributed by atoms with Gasteiger partial charge in [0, 0.05) is 18.7 Å². The highest BCUT2D eigenvalue weighted by Gasteiger charge is 2.40. The van der Waals surface area contributed by atoms with Crippen molar-refractivity contribution in [2.45, 2.75) is 6.04 Å². The van der Waals surface area contributed by atoms with Gasteiger partial charge in [-0.3, -0.25) is 14.4 Å². The van der Waals surface area contributed by atoms with Gasteiger partial charge in [0.2, 0.25) is 12.7 Å². The summed E-state index contributed by atoms with van der Waals surface area (Å²) in [6.07, 6.45) is 0. The Bertz CT molecular complexity index is 1320. The van der Waals surface area contributed by atoms with Crippen LogP contribution >= 0.6 is 0 Å². The first-order valence-corrected chi connectivity index (χ1v) is 11.1. The van der Waals surface area contributed by atoms with Crippen LogP contribution < -0.4 is 14.8 Å². The molecule has 3 heterocycles. The molecule has 3 aromatic rings. The van der Waals surface area contributed by atoms with Crippen LogP contribution in [-0.4, -0.2) is 60.0 Å². The van der Waals surface area contributed by atoms with E-state index in [0.29, 0.717) is 34.9 Å². The first-order chi connectivity index (χ1) is 16.6. The summed E-state index contributed by atoms with van der Waals surface area (Å²) in [5.41, 5.74) is 3.16. The lowest BCUT2D eigenvalue weighted by Crippen LogP contribution is -2.59. The van der Waals surface area contributed by atoms with Crippen LogP contribution in [0.25, 0.3) is 11.1 Å². The Hall–Kier alpha value is -4.33. The molecule has 1 saturated heterocycles. The average molecular weight is 455 g/mol. The van der Waals surface area contributed by atoms with Gasteiger partial charge in [0.1, 0.15) is 6.04 Å². The second-order valence-electron chi connectivity index (χ2n) is 8.45. The Morgan fingerprint density at radius 3 is 2.50 bits per heavy atom. The largest absolute Gasteiger partial charge is 0.454 e. The topological polar surface area (TPSA) is 88.2 Å². The predicted molar refractivity (Wildman–Crippen MR) is 124 cm³/mol. The Kier molecular flexibility index (Phi) is 4.72. The number of anilines is 1. The van der Waals surface area contributed by atoms with E-state index in [1.165, 1.54) is 0 Å². The molecule has 0 aliphatic carbocycles. The maximum atomic E-state index is 13.5. The SMILES string of the molecule is O=C1Nc2ccc(-c3ccc4c(c3)OCO4)cc2C(=O)N2CCN(C(=O)c3ccccc3)CC12. The zero-order valence-electron chi connectivity index (χ0n) is 18.2. The van der Waals surface area contributed by atoms with Crippen molar-refractivity contribution >= 4 is 23.4 Å². The van der Waals surface area contributed by atoms with Crippen LogP contribution in [0.1, 0.15) is 20.7 Å². The molecule has 0 aromatic heterocycles. The van der Waals surface area contributed by atoms with Crippen LogP contribution in [0.4, 0.5) is 5.69 Å². The lowest BCUT2D eigenvalue weighted by molar-refractivity contribution is -0.121. The lowest BCUT2D eigenvalue weighted by Gasteiger charge is -2.39. The van der Waals surface area contributed by atoms with Crippen LogP contribution in [0.15, 0.2) is 66.7 Å². The van der Waals surface area contributed by atoms with E-state index in [4.69, 9.17) is 9.47 Å². The van der Waals surface area contributed by atoms with Crippen molar-refractivity contribution in [1.29, 1.82) is 0 Å². The van der Waals surface area contributed by atoms with Gasteiger partial charge in [-0.05, 0) is 47.5 Å². The minimum Gasteiger partial charge on any atom is -0.454 e. The summed E-state index contributed by atoms with van der Waals surface area (Å²) in [6.45, 7) is 0.978. The van der Waals surface area contributed by atoms with Crippen molar-refractivity contribution in [3.8, 4) is 22.6 Å². The molecule has 1 atom stereocenters. The molecule has 3 aliphatic heterocycles. The smallest absolute Gasteiger partial charge is 0.256 e. The van der Waals surface area contributed by atoms with E-state index in [2.05, 4.69) is 5.32 Å². The Morgan fingerprint density at radius 2 is 1.65 bits per heavy atom. The summed E-state index contributed by atoms with van der Waals surface area (Å²) >= 11 is 0. The number of carbonyl (C=O) groups excluding carboxylic acids is 3. The summed E-state index contributed by atoms with van der Waals surface area (Å²) in [5.74, 6) is 0.674. The summed E-state index contributed by atoms with van der Waals surface area (Å²) in [5, 5.41) is 2.89. The molecule has 3 amide bonds. The van der Waals surface area contributed by atoms with E-state index in [1.54, 1.807) is 46.2 Å². The van der Waals surface area contributed by atoms with Crippen LogP contribution in [0.2, 0.25) is 0 Å². The number of nitrogens with one attached hydrogen (secondary N) is 1. The molecule has 8 heteroatoms. The number of rotatable bonds is 2. The summed E-state index contributed by atoms with van der Waals surface area (Å²) in [6, 6.07) is 19.2. The van der Waals surface area contributed by atoms with Crippen molar-refractivity contribution in [3.63, 3.8) is 0 Å². The van der Waals surface area contributed by atoms with E-state index in [0.717, 1.165) is 11.1 Å². The molecule has 0 bridgehead atoms. The number of piperazine rings is 1. The fraction of sp³-hybridized carbons (Fsp3) is 0.192. The molecule has 3 aliphatic rings. The highest BCUT2D eigenvalue weighted by atomic mass is 16.7. The molecule has 1 fully saturated rings. The third kappa shape index (κ3) is 3.35. The first kappa shape index (κ1) is 20.3. The van der Waals surface area contributed by atoms with Gasteiger partial charge < -0.3 is 24.6 Å². The van der Waals surface area contributed by atoms with E-state index in [9.17, 15) is 14.4 Å². The first-order valence-electron chi connectivity index (χ1n) is 11.1. The summed E-state index contributed by atoms with van der Waals surface area (Å²) in [4.78, 5) is 42.7. The van der Waals surface area contributed by atoms with Gasteiger partial charge in [-0.2, -0.15) is 0 Å². The number of hydrogen-bond donors (Lipinski definition) is 1. The molecule has 3 aromatic carbocycles. The van der Waals surface area contributed by atoms with Gasteiger partial charge in [-0.25, -0.2) is 0 Å². The summed E-state index contributed by atoms with van der Waals surface area (Å²) < 4.78 is 10.9. The number of hydrogen-bond acceptors (Lipinski definition) is 5. The second-order valence-corrected chi connectivity index (χ2v) is 8.45. The van der Waals surface area contributed by atoms with Gasteiger partial charge in [-0.15, -0.1) is 0 Å². The van der Waals surface area contributed by atoms with Crippen molar-refractivity contribution in [2.24, 2.45) is 0 Å². The molecule has 34 heavy (non-hydrogen) atoms. The second kappa shape index (κ2) is 7.91. The third-order valence-electron chi connectivity index (χ3n) is 6.47. The highest BCUT2D eigenvalue weighted by molar-refractivity contribution is 6.11. The van der Waals surface area contributed by atoms with Crippen LogP contribution in [0, 0.1) is 0 Å². The minimum absolute atomic E-state index is 0.146. The highest BCUT2D eigenvalue weighted by Crippen LogP contribution is 2.37. The van der Waals surface area contributed by atoms with Crippen LogP contribution in [-0.2, 0) is 4.79 Å². The Morgan fingerprint density at radius 1 is 0.882 bits per heavy atom. The molecule has 0 spiro atoms. The van der Waals surface area contributed by atoms with Crippen molar-refractivity contribution in [2.75, 3.05) is 31.7 Å². The Balaban J connectivity index is 1.29. The molecule has 6 rings (SSSR count). The van der Waals surface area contributed by atoms with E-state index < -0.39 is 6.04 Å². The number of nitrogens with zero attached hydrogens (tertiary/aromatic N) is 2. The molecule has 1 N–H and O–H groups in total.